The molecule has 17 heavy (non-hydrogen) atoms. The van der Waals surface area contributed by atoms with Crippen LogP contribution in [0.3, 0.4) is 0 Å². The summed E-state index contributed by atoms with van der Waals surface area (Å²) in [6.45, 7) is 3.76. The summed E-state index contributed by atoms with van der Waals surface area (Å²) in [5, 5.41) is 2.01. The Morgan fingerprint density at radius 3 is 2.94 bits per heavy atom. The molecule has 0 spiro atoms. The molecule has 0 bridgehead atoms. The summed E-state index contributed by atoms with van der Waals surface area (Å²) < 4.78 is 0. The first-order chi connectivity index (χ1) is 8.33. The average Bonchev–Trinajstić information content (AvgIpc) is 2.86. The van der Waals surface area contributed by atoms with Crippen molar-refractivity contribution in [2.45, 2.75) is 13.5 Å². The normalized spacial score (nSPS) is 10.2. The molecule has 0 N–H and O–H groups in total. The van der Waals surface area contributed by atoms with Gasteiger partial charge in [0.05, 0.1) is 17.1 Å². The summed E-state index contributed by atoms with van der Waals surface area (Å²) in [6, 6.07) is 7.83. The Morgan fingerprint density at radius 1 is 1.47 bits per heavy atom. The fraction of sp³-hybridized carbons (Fsp3) is 0.231. The molecule has 0 aromatic carbocycles. The van der Waals surface area contributed by atoms with Gasteiger partial charge in [-0.05, 0) is 25.1 Å². The third-order valence-electron chi connectivity index (χ3n) is 2.55. The minimum Gasteiger partial charge on any atom is -0.365 e. The molecule has 0 unspecified atom stereocenters. The number of anilines is 1. The van der Waals surface area contributed by atoms with Gasteiger partial charge in [0.25, 0.3) is 0 Å². The molecule has 0 fully saturated rings. The minimum absolute atomic E-state index is 0.763. The van der Waals surface area contributed by atoms with Crippen LogP contribution < -0.4 is 4.90 Å². The Hall–Kier alpha value is -1.68. The number of rotatable bonds is 5. The molecule has 2 aromatic heterocycles. The molecule has 2 rings (SSSR count). The molecule has 88 valence electrons. The van der Waals surface area contributed by atoms with Gasteiger partial charge in [-0.1, -0.05) is 6.07 Å². The van der Waals surface area contributed by atoms with Gasteiger partial charge >= 0.3 is 0 Å². The Kier molecular flexibility index (Phi) is 3.88. The van der Waals surface area contributed by atoms with E-state index in [-0.39, 0.29) is 0 Å². The highest BCUT2D eigenvalue weighted by molar-refractivity contribution is 7.12. The molecule has 0 radical (unpaired) electrons. The molecular weight excluding hydrogens is 232 g/mol. The highest BCUT2D eigenvalue weighted by atomic mass is 32.1. The van der Waals surface area contributed by atoms with E-state index in [9.17, 15) is 4.79 Å². The topological polar surface area (TPSA) is 33.2 Å². The number of aldehydes is 1. The Bertz CT molecular complexity index is 481. The van der Waals surface area contributed by atoms with Gasteiger partial charge in [0, 0.05) is 23.8 Å². The van der Waals surface area contributed by atoms with E-state index in [4.69, 9.17) is 0 Å². The van der Waals surface area contributed by atoms with Crippen LogP contribution in [0.1, 0.15) is 22.3 Å². The fourth-order valence-corrected chi connectivity index (χ4v) is 2.36. The van der Waals surface area contributed by atoms with Gasteiger partial charge < -0.3 is 4.90 Å². The number of carbonyl (C=O) groups excluding carboxylic acids is 1. The molecule has 0 amide bonds. The van der Waals surface area contributed by atoms with Crippen molar-refractivity contribution in [2.24, 2.45) is 0 Å². The van der Waals surface area contributed by atoms with E-state index in [1.165, 1.54) is 11.3 Å². The van der Waals surface area contributed by atoms with Gasteiger partial charge in [-0.25, -0.2) is 0 Å². The molecule has 2 heterocycles. The molecule has 0 aliphatic heterocycles. The van der Waals surface area contributed by atoms with E-state index < -0.39 is 0 Å². The zero-order chi connectivity index (χ0) is 12.1. The van der Waals surface area contributed by atoms with Crippen molar-refractivity contribution < 1.29 is 4.79 Å². The van der Waals surface area contributed by atoms with Crippen molar-refractivity contribution in [3.63, 3.8) is 0 Å². The molecule has 0 saturated heterocycles. The van der Waals surface area contributed by atoms with Gasteiger partial charge in [-0.2, -0.15) is 0 Å². The number of thiophene rings is 1. The maximum absolute atomic E-state index is 10.7. The molecular formula is C13H14N2OS. The predicted octanol–water partition coefficient (Wildman–Crippen LogP) is 2.98. The van der Waals surface area contributed by atoms with Crippen molar-refractivity contribution in [3.05, 3.63) is 46.4 Å². The third-order valence-corrected chi connectivity index (χ3v) is 3.39. The highest BCUT2D eigenvalue weighted by Gasteiger charge is 2.08. The van der Waals surface area contributed by atoms with Crippen LogP contribution in [-0.2, 0) is 6.54 Å². The molecule has 0 aliphatic carbocycles. The monoisotopic (exact) mass is 246 g/mol. The molecule has 0 aliphatic rings. The number of hydrogen-bond donors (Lipinski definition) is 0. The maximum Gasteiger partial charge on any atom is 0.160 e. The van der Waals surface area contributed by atoms with Gasteiger partial charge in [0.2, 0.25) is 0 Å². The van der Waals surface area contributed by atoms with Crippen LogP contribution in [0.2, 0.25) is 0 Å². The minimum atomic E-state index is 0.763. The summed E-state index contributed by atoms with van der Waals surface area (Å²) in [7, 11) is 0. The first-order valence-electron chi connectivity index (χ1n) is 5.52. The van der Waals surface area contributed by atoms with Gasteiger partial charge in [-0.15, -0.1) is 11.3 Å². The quantitative estimate of drug-likeness (QED) is 0.760. The van der Waals surface area contributed by atoms with Crippen LogP contribution in [0.4, 0.5) is 5.69 Å². The number of aromatic nitrogens is 1. The number of hydrogen-bond acceptors (Lipinski definition) is 4. The Balaban J connectivity index is 2.14. The van der Waals surface area contributed by atoms with Crippen LogP contribution >= 0.6 is 11.3 Å². The van der Waals surface area contributed by atoms with Crippen LogP contribution in [0, 0.1) is 0 Å². The lowest BCUT2D eigenvalue weighted by molar-refractivity contribution is 0.112. The first kappa shape index (κ1) is 11.8. The molecule has 2 aromatic rings. The summed E-state index contributed by atoms with van der Waals surface area (Å²) in [5.41, 5.74) is 2.12. The standard InChI is InChI=1S/C13H14N2OS/c1-2-15(8-11-5-3-4-6-14-11)12-7-13(9-16)17-10-12/h3-7,9-10H,2,8H2,1H3. The maximum atomic E-state index is 10.7. The second-order valence-electron chi connectivity index (χ2n) is 3.66. The average molecular weight is 246 g/mol. The summed E-state index contributed by atoms with van der Waals surface area (Å²) >= 11 is 1.47. The van der Waals surface area contributed by atoms with Crippen molar-refractivity contribution in [1.82, 2.24) is 4.98 Å². The van der Waals surface area contributed by atoms with Crippen molar-refractivity contribution >= 4 is 23.3 Å². The third kappa shape index (κ3) is 2.91. The fourth-order valence-electron chi connectivity index (χ4n) is 1.64. The van der Waals surface area contributed by atoms with E-state index in [0.29, 0.717) is 0 Å². The number of nitrogens with zero attached hydrogens (tertiary/aromatic N) is 2. The second kappa shape index (κ2) is 5.59. The van der Waals surface area contributed by atoms with Gasteiger partial charge in [0.1, 0.15) is 0 Å². The van der Waals surface area contributed by atoms with E-state index in [1.807, 2.05) is 29.6 Å². The van der Waals surface area contributed by atoms with Crippen LogP contribution in [-0.4, -0.2) is 17.8 Å². The van der Waals surface area contributed by atoms with E-state index >= 15 is 0 Å². The van der Waals surface area contributed by atoms with E-state index in [1.54, 1.807) is 6.20 Å². The van der Waals surface area contributed by atoms with Crippen LogP contribution in [0.25, 0.3) is 0 Å². The smallest absolute Gasteiger partial charge is 0.160 e. The Morgan fingerprint density at radius 2 is 2.35 bits per heavy atom. The zero-order valence-corrected chi connectivity index (χ0v) is 10.5. The molecule has 0 atom stereocenters. The highest BCUT2D eigenvalue weighted by Crippen LogP contribution is 2.23. The van der Waals surface area contributed by atoms with E-state index in [0.717, 1.165) is 35.6 Å². The first-order valence-corrected chi connectivity index (χ1v) is 6.40. The molecule has 4 heteroatoms. The van der Waals surface area contributed by atoms with Gasteiger partial charge in [-0.3, -0.25) is 9.78 Å². The lowest BCUT2D eigenvalue weighted by atomic mass is 10.3. The van der Waals surface area contributed by atoms with Crippen molar-refractivity contribution in [2.75, 3.05) is 11.4 Å². The SMILES string of the molecule is CCN(Cc1ccccn1)c1csc(C=O)c1. The summed E-state index contributed by atoms with van der Waals surface area (Å²) in [6.07, 6.45) is 2.69. The number of pyridine rings is 1. The largest absolute Gasteiger partial charge is 0.365 e. The van der Waals surface area contributed by atoms with Crippen molar-refractivity contribution in [1.29, 1.82) is 0 Å². The van der Waals surface area contributed by atoms with Crippen LogP contribution in [0.5, 0.6) is 0 Å². The summed E-state index contributed by atoms with van der Waals surface area (Å²) in [4.78, 5) is 17.9. The Labute approximate surface area is 105 Å². The second-order valence-corrected chi connectivity index (χ2v) is 4.60. The lowest BCUT2D eigenvalue weighted by Crippen LogP contribution is -2.21. The zero-order valence-electron chi connectivity index (χ0n) is 9.67. The lowest BCUT2D eigenvalue weighted by Gasteiger charge is -2.20. The van der Waals surface area contributed by atoms with Crippen LogP contribution in [0.15, 0.2) is 35.8 Å². The van der Waals surface area contributed by atoms with Gasteiger partial charge in [0.15, 0.2) is 6.29 Å². The summed E-state index contributed by atoms with van der Waals surface area (Å²) in [5.74, 6) is 0. The van der Waals surface area contributed by atoms with E-state index in [2.05, 4.69) is 16.8 Å². The molecule has 3 nitrogen and oxygen atoms in total. The number of carbonyl (C=O) groups is 1. The molecule has 0 saturated carbocycles. The predicted molar refractivity (Wildman–Crippen MR) is 70.7 cm³/mol. The van der Waals surface area contributed by atoms with Crippen molar-refractivity contribution in [3.8, 4) is 0 Å².